The molecule has 1 saturated carbocycles. The standard InChI is InChI=1S/C21H30N4O3/c1-15-4-2-7-19(23-15)21(27)22-12-18-13-25(20(26)14-28-18)17-8-10-24(11-9-17)16-5-3-6-16/h2,4,7,16-18H,3,5-6,8-14H2,1H3,(H,22,27). The average Bonchev–Trinajstić information content (AvgIpc) is 2.66. The van der Waals surface area contributed by atoms with Crippen molar-refractivity contribution in [2.24, 2.45) is 0 Å². The van der Waals surface area contributed by atoms with Crippen LogP contribution in [-0.4, -0.2) is 77.6 Å². The summed E-state index contributed by atoms with van der Waals surface area (Å²) < 4.78 is 5.67. The zero-order valence-corrected chi connectivity index (χ0v) is 16.6. The molecule has 152 valence electrons. The van der Waals surface area contributed by atoms with Crippen molar-refractivity contribution in [3.05, 3.63) is 29.6 Å². The van der Waals surface area contributed by atoms with Gasteiger partial charge in [-0.3, -0.25) is 9.59 Å². The fourth-order valence-electron chi connectivity index (χ4n) is 4.40. The summed E-state index contributed by atoms with van der Waals surface area (Å²) in [6.45, 7) is 5.07. The summed E-state index contributed by atoms with van der Waals surface area (Å²) in [5.74, 6) is -0.130. The Labute approximate surface area is 166 Å². The van der Waals surface area contributed by atoms with Crippen molar-refractivity contribution in [2.45, 2.75) is 57.2 Å². The molecule has 0 aromatic carbocycles. The van der Waals surface area contributed by atoms with Gasteiger partial charge in [-0.05, 0) is 44.7 Å². The maximum absolute atomic E-state index is 12.4. The molecule has 0 bridgehead atoms. The molecule has 3 heterocycles. The van der Waals surface area contributed by atoms with E-state index in [1.807, 2.05) is 24.0 Å². The van der Waals surface area contributed by atoms with E-state index in [-0.39, 0.29) is 24.5 Å². The van der Waals surface area contributed by atoms with Gasteiger partial charge in [0.15, 0.2) is 0 Å². The van der Waals surface area contributed by atoms with Crippen LogP contribution in [0.1, 0.15) is 48.3 Å². The lowest BCUT2D eigenvalue weighted by molar-refractivity contribution is -0.153. The molecule has 2 saturated heterocycles. The highest BCUT2D eigenvalue weighted by Crippen LogP contribution is 2.29. The third-order valence-electron chi connectivity index (χ3n) is 6.31. The number of nitrogens with zero attached hydrogens (tertiary/aromatic N) is 3. The largest absolute Gasteiger partial charge is 0.365 e. The van der Waals surface area contributed by atoms with E-state index in [1.165, 1.54) is 19.3 Å². The van der Waals surface area contributed by atoms with Crippen LogP contribution in [0.5, 0.6) is 0 Å². The number of pyridine rings is 1. The van der Waals surface area contributed by atoms with Crippen LogP contribution in [-0.2, 0) is 9.53 Å². The minimum atomic E-state index is -0.204. The van der Waals surface area contributed by atoms with Gasteiger partial charge in [-0.15, -0.1) is 0 Å². The normalized spacial score (nSPS) is 24.8. The van der Waals surface area contributed by atoms with Crippen LogP contribution in [0.3, 0.4) is 0 Å². The third-order valence-corrected chi connectivity index (χ3v) is 6.31. The summed E-state index contributed by atoms with van der Waals surface area (Å²) >= 11 is 0. The van der Waals surface area contributed by atoms with Gasteiger partial charge in [0.2, 0.25) is 5.91 Å². The molecule has 1 aromatic rings. The Morgan fingerprint density at radius 2 is 2.00 bits per heavy atom. The van der Waals surface area contributed by atoms with Gasteiger partial charge in [0.05, 0.1) is 6.10 Å². The predicted molar refractivity (Wildman–Crippen MR) is 105 cm³/mol. The quantitative estimate of drug-likeness (QED) is 0.827. The minimum absolute atomic E-state index is 0.0741. The zero-order chi connectivity index (χ0) is 19.5. The second kappa shape index (κ2) is 8.57. The lowest BCUT2D eigenvalue weighted by Crippen LogP contribution is -2.57. The van der Waals surface area contributed by atoms with Crippen molar-refractivity contribution in [3.8, 4) is 0 Å². The van der Waals surface area contributed by atoms with E-state index in [9.17, 15) is 9.59 Å². The number of hydrogen-bond donors (Lipinski definition) is 1. The molecular formula is C21H30N4O3. The van der Waals surface area contributed by atoms with Gasteiger partial charge in [0.25, 0.3) is 5.91 Å². The van der Waals surface area contributed by atoms with Crippen LogP contribution >= 0.6 is 0 Å². The van der Waals surface area contributed by atoms with Crippen LogP contribution in [0.4, 0.5) is 0 Å². The van der Waals surface area contributed by atoms with Gasteiger partial charge in [-0.2, -0.15) is 0 Å². The van der Waals surface area contributed by atoms with E-state index in [4.69, 9.17) is 4.74 Å². The lowest BCUT2D eigenvalue weighted by Gasteiger charge is -2.45. The van der Waals surface area contributed by atoms with Crippen molar-refractivity contribution < 1.29 is 14.3 Å². The van der Waals surface area contributed by atoms with Crippen LogP contribution in [0.2, 0.25) is 0 Å². The minimum Gasteiger partial charge on any atom is -0.365 e. The van der Waals surface area contributed by atoms with E-state index in [0.29, 0.717) is 24.8 Å². The highest BCUT2D eigenvalue weighted by atomic mass is 16.5. The maximum Gasteiger partial charge on any atom is 0.269 e. The number of ether oxygens (including phenoxy) is 1. The van der Waals surface area contributed by atoms with Crippen molar-refractivity contribution >= 4 is 11.8 Å². The molecule has 0 radical (unpaired) electrons. The molecule has 2 aliphatic heterocycles. The van der Waals surface area contributed by atoms with Gasteiger partial charge in [-0.1, -0.05) is 12.5 Å². The molecule has 4 rings (SSSR count). The van der Waals surface area contributed by atoms with E-state index in [1.54, 1.807) is 6.07 Å². The van der Waals surface area contributed by atoms with Crippen molar-refractivity contribution in [2.75, 3.05) is 32.8 Å². The van der Waals surface area contributed by atoms with Crippen LogP contribution in [0, 0.1) is 6.92 Å². The summed E-state index contributed by atoms with van der Waals surface area (Å²) in [5.41, 5.74) is 1.22. The Bertz CT molecular complexity index is 713. The first-order valence-electron chi connectivity index (χ1n) is 10.5. The van der Waals surface area contributed by atoms with Gasteiger partial charge < -0.3 is 19.9 Å². The molecular weight excluding hydrogens is 356 g/mol. The molecule has 7 nitrogen and oxygen atoms in total. The Hall–Kier alpha value is -1.99. The van der Waals surface area contributed by atoms with Crippen LogP contribution in [0.15, 0.2) is 18.2 Å². The zero-order valence-electron chi connectivity index (χ0n) is 16.6. The number of carbonyl (C=O) groups is 2. The van der Waals surface area contributed by atoms with Gasteiger partial charge in [0.1, 0.15) is 12.3 Å². The van der Waals surface area contributed by atoms with Gasteiger partial charge in [0, 0.05) is 44.0 Å². The smallest absolute Gasteiger partial charge is 0.269 e. The summed E-state index contributed by atoms with van der Waals surface area (Å²) in [6, 6.07) is 6.46. The van der Waals surface area contributed by atoms with E-state index in [2.05, 4.69) is 15.2 Å². The molecule has 0 spiro atoms. The van der Waals surface area contributed by atoms with Crippen LogP contribution in [0.25, 0.3) is 0 Å². The first-order valence-corrected chi connectivity index (χ1v) is 10.5. The fraction of sp³-hybridized carbons (Fsp3) is 0.667. The summed E-state index contributed by atoms with van der Waals surface area (Å²) in [4.78, 5) is 33.5. The summed E-state index contributed by atoms with van der Waals surface area (Å²) in [6.07, 6.45) is 5.93. The fourth-order valence-corrected chi connectivity index (χ4v) is 4.40. The van der Waals surface area contributed by atoms with E-state index in [0.717, 1.165) is 37.7 Å². The van der Waals surface area contributed by atoms with E-state index < -0.39 is 0 Å². The number of nitrogens with one attached hydrogen (secondary N) is 1. The van der Waals surface area contributed by atoms with E-state index >= 15 is 0 Å². The molecule has 2 amide bonds. The first kappa shape index (κ1) is 19.3. The molecule has 1 atom stereocenters. The highest BCUT2D eigenvalue weighted by molar-refractivity contribution is 5.92. The van der Waals surface area contributed by atoms with Gasteiger partial charge in [-0.25, -0.2) is 4.98 Å². The molecule has 1 aliphatic carbocycles. The summed E-state index contributed by atoms with van der Waals surface area (Å²) in [7, 11) is 0. The number of carbonyl (C=O) groups excluding carboxylic acids is 2. The molecule has 7 heteroatoms. The molecule has 1 N–H and O–H groups in total. The Kier molecular flexibility index (Phi) is 5.92. The monoisotopic (exact) mass is 386 g/mol. The van der Waals surface area contributed by atoms with Crippen LogP contribution < -0.4 is 5.32 Å². The van der Waals surface area contributed by atoms with Crippen molar-refractivity contribution in [3.63, 3.8) is 0 Å². The Morgan fingerprint density at radius 1 is 1.21 bits per heavy atom. The molecule has 1 unspecified atom stereocenters. The predicted octanol–water partition coefficient (Wildman–Crippen LogP) is 1.36. The number of hydrogen-bond acceptors (Lipinski definition) is 5. The lowest BCUT2D eigenvalue weighted by atomic mass is 9.89. The molecule has 1 aromatic heterocycles. The second-order valence-corrected chi connectivity index (χ2v) is 8.21. The first-order chi connectivity index (χ1) is 13.6. The highest BCUT2D eigenvalue weighted by Gasteiger charge is 2.35. The second-order valence-electron chi connectivity index (χ2n) is 8.21. The molecule has 3 fully saturated rings. The topological polar surface area (TPSA) is 74.8 Å². The van der Waals surface area contributed by atoms with Crippen molar-refractivity contribution in [1.82, 2.24) is 20.1 Å². The number of aromatic nitrogens is 1. The SMILES string of the molecule is Cc1cccc(C(=O)NCC2CN(C3CCN(C4CCC4)CC3)C(=O)CO2)n1. The number of rotatable bonds is 5. The Morgan fingerprint density at radius 3 is 2.68 bits per heavy atom. The molecule has 28 heavy (non-hydrogen) atoms. The Balaban J connectivity index is 1.27. The average molecular weight is 386 g/mol. The number of likely N-dealkylation sites (tertiary alicyclic amines) is 1. The summed E-state index contributed by atoms with van der Waals surface area (Å²) in [5, 5.41) is 2.90. The third kappa shape index (κ3) is 4.36. The maximum atomic E-state index is 12.4. The number of piperidine rings is 1. The number of morpholine rings is 1. The van der Waals surface area contributed by atoms with Gasteiger partial charge >= 0.3 is 0 Å². The number of amides is 2. The van der Waals surface area contributed by atoms with Crippen molar-refractivity contribution in [1.29, 1.82) is 0 Å². The molecule has 3 aliphatic rings. The number of aryl methyl sites for hydroxylation is 1.